The average Bonchev–Trinajstić information content (AvgIpc) is 2.14. The monoisotopic (exact) mass is 234 g/mol. The summed E-state index contributed by atoms with van der Waals surface area (Å²) in [5.41, 5.74) is 6.99. The summed E-state index contributed by atoms with van der Waals surface area (Å²) in [5.74, 6) is 0.337. The first-order valence-electron chi connectivity index (χ1n) is 5.89. The number of hydrogen-bond donors (Lipinski definition) is 2. The molecule has 1 heterocycles. The second-order valence-electron chi connectivity index (χ2n) is 4.77. The van der Waals surface area contributed by atoms with Gasteiger partial charge in [0.1, 0.15) is 0 Å². The highest BCUT2D eigenvalue weighted by Crippen LogP contribution is 2.40. The van der Waals surface area contributed by atoms with E-state index in [0.29, 0.717) is 12.5 Å². The van der Waals surface area contributed by atoms with Crippen LogP contribution < -0.4 is 11.1 Å². The molecule has 92 valence electrons. The summed E-state index contributed by atoms with van der Waals surface area (Å²) < 4.78 is 0. The highest BCUT2D eigenvalue weighted by Gasteiger charge is 2.43. The van der Waals surface area contributed by atoms with Gasteiger partial charge >= 0.3 is 0 Å². The van der Waals surface area contributed by atoms with Crippen molar-refractivity contribution < 1.29 is 4.79 Å². The number of carbonyl (C=O) groups excluding carboxylic acids is 1. The summed E-state index contributed by atoms with van der Waals surface area (Å²) in [4.78, 5) is 20.5. The van der Waals surface area contributed by atoms with E-state index >= 15 is 0 Å². The van der Waals surface area contributed by atoms with Crippen molar-refractivity contribution in [3.05, 3.63) is 17.5 Å². The van der Waals surface area contributed by atoms with Gasteiger partial charge in [0.25, 0.3) is 0 Å². The van der Waals surface area contributed by atoms with Crippen molar-refractivity contribution >= 4 is 11.9 Å². The van der Waals surface area contributed by atoms with Gasteiger partial charge < -0.3 is 5.73 Å². The third-order valence-corrected chi connectivity index (χ3v) is 3.39. The first-order valence-corrected chi connectivity index (χ1v) is 5.89. The Morgan fingerprint density at radius 3 is 2.41 bits per heavy atom. The van der Waals surface area contributed by atoms with Crippen molar-refractivity contribution in [1.29, 1.82) is 0 Å². The van der Waals surface area contributed by atoms with Crippen molar-refractivity contribution in [2.75, 3.05) is 11.9 Å². The Morgan fingerprint density at radius 1 is 1.41 bits per heavy atom. The molecule has 0 bridgehead atoms. The molecule has 0 aliphatic heterocycles. The molecule has 1 aromatic rings. The van der Waals surface area contributed by atoms with Crippen LogP contribution in [0.2, 0.25) is 0 Å². The third-order valence-electron chi connectivity index (χ3n) is 3.39. The average molecular weight is 234 g/mol. The minimum Gasteiger partial charge on any atom is -0.329 e. The number of nitrogens with zero attached hydrogens (tertiary/aromatic N) is 2. The Labute approximate surface area is 101 Å². The van der Waals surface area contributed by atoms with Crippen LogP contribution in [0.3, 0.4) is 0 Å². The first-order chi connectivity index (χ1) is 8.05. The van der Waals surface area contributed by atoms with Crippen LogP contribution in [0.1, 0.15) is 30.7 Å². The Kier molecular flexibility index (Phi) is 3.11. The summed E-state index contributed by atoms with van der Waals surface area (Å²) in [6, 6.07) is 1.87. The molecule has 1 aromatic heterocycles. The maximum atomic E-state index is 12.1. The van der Waals surface area contributed by atoms with E-state index in [2.05, 4.69) is 15.3 Å². The van der Waals surface area contributed by atoms with Crippen molar-refractivity contribution in [3.63, 3.8) is 0 Å². The molecule has 1 amide bonds. The minimum absolute atomic E-state index is 0.0451. The number of anilines is 1. The summed E-state index contributed by atoms with van der Waals surface area (Å²) in [6.45, 7) is 4.16. The van der Waals surface area contributed by atoms with Gasteiger partial charge in [0.15, 0.2) is 0 Å². The quantitative estimate of drug-likeness (QED) is 0.822. The molecule has 0 radical (unpaired) electrons. The second-order valence-corrected chi connectivity index (χ2v) is 4.77. The summed E-state index contributed by atoms with van der Waals surface area (Å²) in [7, 11) is 0. The fourth-order valence-electron chi connectivity index (χ4n) is 2.14. The molecule has 0 saturated heterocycles. The fourth-order valence-corrected chi connectivity index (χ4v) is 2.14. The van der Waals surface area contributed by atoms with E-state index in [1.54, 1.807) is 0 Å². The predicted molar refractivity (Wildman–Crippen MR) is 65.5 cm³/mol. The predicted octanol–water partition coefficient (Wildman–Crippen LogP) is 1.16. The Balaban J connectivity index is 2.12. The van der Waals surface area contributed by atoms with Gasteiger partial charge in [-0.25, -0.2) is 9.97 Å². The van der Waals surface area contributed by atoms with Crippen molar-refractivity contribution in [2.45, 2.75) is 33.1 Å². The maximum absolute atomic E-state index is 12.1. The molecule has 1 aliphatic carbocycles. The second kappa shape index (κ2) is 4.41. The van der Waals surface area contributed by atoms with E-state index in [0.717, 1.165) is 30.7 Å². The van der Waals surface area contributed by atoms with Gasteiger partial charge in [-0.05, 0) is 32.8 Å². The zero-order valence-corrected chi connectivity index (χ0v) is 10.3. The molecule has 0 unspecified atom stereocenters. The van der Waals surface area contributed by atoms with Crippen LogP contribution in [0.5, 0.6) is 0 Å². The fraction of sp³-hybridized carbons (Fsp3) is 0.583. The van der Waals surface area contributed by atoms with Gasteiger partial charge in [0, 0.05) is 17.9 Å². The maximum Gasteiger partial charge on any atom is 0.234 e. The van der Waals surface area contributed by atoms with Gasteiger partial charge in [-0.2, -0.15) is 0 Å². The van der Waals surface area contributed by atoms with Gasteiger partial charge in [-0.1, -0.05) is 6.42 Å². The third kappa shape index (κ3) is 2.29. The standard InChI is InChI=1S/C12H18N4O/c1-8-6-9(2)15-11(14-8)16-10(17)12(7-13)4-3-5-12/h6H,3-5,7,13H2,1-2H3,(H,14,15,16,17). The van der Waals surface area contributed by atoms with Crippen LogP contribution in [-0.4, -0.2) is 22.4 Å². The molecule has 5 heteroatoms. The number of nitrogens with one attached hydrogen (secondary N) is 1. The first kappa shape index (κ1) is 12.0. The van der Waals surface area contributed by atoms with Crippen molar-refractivity contribution in [2.24, 2.45) is 11.1 Å². The zero-order valence-electron chi connectivity index (χ0n) is 10.3. The molecule has 1 aliphatic rings. The Hall–Kier alpha value is -1.49. The van der Waals surface area contributed by atoms with Gasteiger partial charge in [-0.3, -0.25) is 10.1 Å². The van der Waals surface area contributed by atoms with Crippen LogP contribution in [0.25, 0.3) is 0 Å². The Bertz CT molecular complexity index is 414. The SMILES string of the molecule is Cc1cc(C)nc(NC(=O)C2(CN)CCC2)n1. The number of nitrogens with two attached hydrogens (primary N) is 1. The number of hydrogen-bond acceptors (Lipinski definition) is 4. The van der Waals surface area contributed by atoms with E-state index in [1.807, 2.05) is 19.9 Å². The zero-order chi connectivity index (χ0) is 12.5. The Morgan fingerprint density at radius 2 is 2.00 bits per heavy atom. The normalized spacial score (nSPS) is 17.4. The highest BCUT2D eigenvalue weighted by molar-refractivity contribution is 5.94. The lowest BCUT2D eigenvalue weighted by atomic mass is 9.68. The van der Waals surface area contributed by atoms with Gasteiger partial charge in [0.05, 0.1) is 5.41 Å². The lowest BCUT2D eigenvalue weighted by Crippen LogP contribution is -2.47. The van der Waals surface area contributed by atoms with Gasteiger partial charge in [-0.15, -0.1) is 0 Å². The summed E-state index contributed by atoms with van der Waals surface area (Å²) in [5, 5.41) is 2.78. The number of aromatic nitrogens is 2. The van der Waals surface area contributed by atoms with E-state index < -0.39 is 0 Å². The molecular weight excluding hydrogens is 216 g/mol. The molecule has 0 atom stereocenters. The number of rotatable bonds is 3. The lowest BCUT2D eigenvalue weighted by Gasteiger charge is -2.38. The van der Waals surface area contributed by atoms with E-state index in [9.17, 15) is 4.79 Å². The smallest absolute Gasteiger partial charge is 0.234 e. The largest absolute Gasteiger partial charge is 0.329 e. The van der Waals surface area contributed by atoms with Crippen LogP contribution in [0.4, 0.5) is 5.95 Å². The molecule has 5 nitrogen and oxygen atoms in total. The molecular formula is C12H18N4O. The molecule has 2 rings (SSSR count). The lowest BCUT2D eigenvalue weighted by molar-refractivity contribution is -0.129. The summed E-state index contributed by atoms with van der Waals surface area (Å²) >= 11 is 0. The van der Waals surface area contributed by atoms with E-state index in [4.69, 9.17) is 5.73 Å². The van der Waals surface area contributed by atoms with E-state index in [-0.39, 0.29) is 11.3 Å². The molecule has 1 fully saturated rings. The molecule has 0 aromatic carbocycles. The summed E-state index contributed by atoms with van der Waals surface area (Å²) in [6.07, 6.45) is 2.79. The minimum atomic E-state index is -0.388. The number of aryl methyl sites for hydroxylation is 2. The van der Waals surface area contributed by atoms with Crippen LogP contribution in [-0.2, 0) is 4.79 Å². The molecule has 1 saturated carbocycles. The topological polar surface area (TPSA) is 80.9 Å². The van der Waals surface area contributed by atoms with Crippen molar-refractivity contribution in [1.82, 2.24) is 9.97 Å². The number of carbonyl (C=O) groups is 1. The van der Waals surface area contributed by atoms with Crippen LogP contribution in [0, 0.1) is 19.3 Å². The molecule has 3 N–H and O–H groups in total. The molecule has 0 spiro atoms. The number of amides is 1. The van der Waals surface area contributed by atoms with Gasteiger partial charge in [0.2, 0.25) is 11.9 Å². The molecule has 17 heavy (non-hydrogen) atoms. The van der Waals surface area contributed by atoms with E-state index in [1.165, 1.54) is 0 Å². The van der Waals surface area contributed by atoms with Crippen molar-refractivity contribution in [3.8, 4) is 0 Å². The highest BCUT2D eigenvalue weighted by atomic mass is 16.2. The van der Waals surface area contributed by atoms with Crippen LogP contribution in [0.15, 0.2) is 6.07 Å². The van der Waals surface area contributed by atoms with Crippen LogP contribution >= 0.6 is 0 Å².